The standard InChI is InChI=1S/C19H21FN6O/c20-15-9-14(12-21)10-17(11-15)26-4-2-16(13-26)23-19-22-3-1-18(24-19)25-5-7-27-8-6-25/h1,3,9-11,16H,2,4-8,13H2,(H,22,23,24). The van der Waals surface area contributed by atoms with Crippen molar-refractivity contribution in [1.82, 2.24) is 9.97 Å². The minimum Gasteiger partial charge on any atom is -0.378 e. The topological polar surface area (TPSA) is 77.3 Å². The fraction of sp³-hybridized carbons (Fsp3) is 0.421. The van der Waals surface area contributed by atoms with Crippen LogP contribution in [0.4, 0.5) is 21.8 Å². The first kappa shape index (κ1) is 17.5. The Kier molecular flexibility index (Phi) is 5.03. The van der Waals surface area contributed by atoms with Gasteiger partial charge in [0.25, 0.3) is 0 Å². The maximum Gasteiger partial charge on any atom is 0.224 e. The van der Waals surface area contributed by atoms with E-state index < -0.39 is 0 Å². The van der Waals surface area contributed by atoms with Crippen LogP contribution in [0.25, 0.3) is 0 Å². The largest absolute Gasteiger partial charge is 0.378 e. The van der Waals surface area contributed by atoms with Crippen LogP contribution in [-0.4, -0.2) is 55.4 Å². The third kappa shape index (κ3) is 4.09. The molecular formula is C19H21FN6O. The lowest BCUT2D eigenvalue weighted by atomic mass is 10.2. The quantitative estimate of drug-likeness (QED) is 0.885. The van der Waals surface area contributed by atoms with Crippen molar-refractivity contribution < 1.29 is 9.13 Å². The summed E-state index contributed by atoms with van der Waals surface area (Å²) in [6.45, 7) is 4.57. The summed E-state index contributed by atoms with van der Waals surface area (Å²) in [7, 11) is 0. The van der Waals surface area contributed by atoms with Crippen molar-refractivity contribution in [2.45, 2.75) is 12.5 Å². The second-order valence-electron chi connectivity index (χ2n) is 6.72. The van der Waals surface area contributed by atoms with Crippen LogP contribution in [0.5, 0.6) is 0 Å². The van der Waals surface area contributed by atoms with E-state index in [1.54, 1.807) is 12.3 Å². The maximum atomic E-state index is 13.7. The van der Waals surface area contributed by atoms with Crippen LogP contribution in [-0.2, 0) is 4.74 Å². The molecule has 0 aliphatic carbocycles. The van der Waals surface area contributed by atoms with Crippen LogP contribution in [0, 0.1) is 17.1 Å². The SMILES string of the molecule is N#Cc1cc(F)cc(N2CCC(Nc3nccc(N4CCOCC4)n3)C2)c1. The van der Waals surface area contributed by atoms with Gasteiger partial charge in [-0.3, -0.25) is 0 Å². The number of hydrogen-bond donors (Lipinski definition) is 1. The Hall–Kier alpha value is -2.92. The van der Waals surface area contributed by atoms with E-state index in [2.05, 4.69) is 25.1 Å². The summed E-state index contributed by atoms with van der Waals surface area (Å²) in [5.41, 5.74) is 1.07. The van der Waals surface area contributed by atoms with Gasteiger partial charge in [0.1, 0.15) is 11.6 Å². The van der Waals surface area contributed by atoms with E-state index in [4.69, 9.17) is 10.00 Å². The average Bonchev–Trinajstić information content (AvgIpc) is 3.17. The summed E-state index contributed by atoms with van der Waals surface area (Å²) in [5, 5.41) is 12.4. The van der Waals surface area contributed by atoms with E-state index in [0.717, 1.165) is 37.6 Å². The minimum absolute atomic E-state index is 0.166. The zero-order chi connectivity index (χ0) is 18.6. The van der Waals surface area contributed by atoms with Gasteiger partial charge in [0, 0.05) is 44.1 Å². The van der Waals surface area contributed by atoms with E-state index >= 15 is 0 Å². The minimum atomic E-state index is -0.387. The number of benzene rings is 1. The summed E-state index contributed by atoms with van der Waals surface area (Å²) in [4.78, 5) is 13.2. The van der Waals surface area contributed by atoms with Gasteiger partial charge in [-0.05, 0) is 30.7 Å². The number of nitrogens with zero attached hydrogens (tertiary/aromatic N) is 5. The molecule has 2 aliphatic heterocycles. The monoisotopic (exact) mass is 368 g/mol. The Morgan fingerprint density at radius 3 is 2.85 bits per heavy atom. The summed E-state index contributed by atoms with van der Waals surface area (Å²) in [5.74, 6) is 1.11. The molecule has 2 fully saturated rings. The van der Waals surface area contributed by atoms with Gasteiger partial charge in [0.05, 0.1) is 24.8 Å². The molecule has 4 rings (SSSR count). The molecule has 1 unspecified atom stereocenters. The summed E-state index contributed by atoms with van der Waals surface area (Å²) >= 11 is 0. The van der Waals surface area contributed by atoms with Gasteiger partial charge in [-0.2, -0.15) is 10.2 Å². The molecule has 2 aromatic rings. The van der Waals surface area contributed by atoms with Crippen molar-refractivity contribution in [1.29, 1.82) is 5.26 Å². The van der Waals surface area contributed by atoms with Crippen LogP contribution in [0.1, 0.15) is 12.0 Å². The summed E-state index contributed by atoms with van der Waals surface area (Å²) in [6.07, 6.45) is 2.65. The molecule has 3 heterocycles. The molecule has 140 valence electrons. The van der Waals surface area contributed by atoms with Crippen molar-refractivity contribution in [3.8, 4) is 6.07 Å². The highest BCUT2D eigenvalue weighted by molar-refractivity contribution is 5.53. The van der Waals surface area contributed by atoms with Crippen molar-refractivity contribution in [3.05, 3.63) is 41.8 Å². The fourth-order valence-electron chi connectivity index (χ4n) is 3.50. The molecule has 0 bridgehead atoms. The molecule has 2 saturated heterocycles. The van der Waals surface area contributed by atoms with Gasteiger partial charge in [0.15, 0.2) is 0 Å². The molecule has 27 heavy (non-hydrogen) atoms. The first-order valence-electron chi connectivity index (χ1n) is 9.09. The molecule has 0 spiro atoms. The van der Waals surface area contributed by atoms with E-state index in [9.17, 15) is 4.39 Å². The third-order valence-electron chi connectivity index (χ3n) is 4.87. The molecule has 7 nitrogen and oxygen atoms in total. The lowest BCUT2D eigenvalue weighted by molar-refractivity contribution is 0.122. The Labute approximate surface area is 157 Å². The summed E-state index contributed by atoms with van der Waals surface area (Å²) < 4.78 is 19.1. The number of hydrogen-bond acceptors (Lipinski definition) is 7. The van der Waals surface area contributed by atoms with Crippen LogP contribution in [0.15, 0.2) is 30.5 Å². The Balaban J connectivity index is 1.41. The predicted octanol–water partition coefficient (Wildman–Crippen LogP) is 2.01. The Morgan fingerprint density at radius 2 is 2.04 bits per heavy atom. The highest BCUT2D eigenvalue weighted by Gasteiger charge is 2.24. The number of morpholine rings is 1. The highest BCUT2D eigenvalue weighted by atomic mass is 19.1. The van der Waals surface area contributed by atoms with Crippen molar-refractivity contribution >= 4 is 17.5 Å². The first-order valence-corrected chi connectivity index (χ1v) is 9.09. The molecule has 2 aliphatic rings. The lowest BCUT2D eigenvalue weighted by Gasteiger charge is -2.28. The van der Waals surface area contributed by atoms with Crippen LogP contribution < -0.4 is 15.1 Å². The molecule has 1 aromatic heterocycles. The van der Waals surface area contributed by atoms with Gasteiger partial charge < -0.3 is 19.9 Å². The molecule has 0 saturated carbocycles. The zero-order valence-corrected chi connectivity index (χ0v) is 14.9. The third-order valence-corrected chi connectivity index (χ3v) is 4.87. The number of nitrogens with one attached hydrogen (secondary N) is 1. The van der Waals surface area contributed by atoms with Crippen LogP contribution in [0.2, 0.25) is 0 Å². The molecule has 0 amide bonds. The number of halogens is 1. The summed E-state index contributed by atoms with van der Waals surface area (Å²) in [6, 6.07) is 8.52. The Morgan fingerprint density at radius 1 is 1.19 bits per heavy atom. The fourth-order valence-corrected chi connectivity index (χ4v) is 3.50. The predicted molar refractivity (Wildman–Crippen MR) is 100 cm³/mol. The number of aromatic nitrogens is 2. The zero-order valence-electron chi connectivity index (χ0n) is 14.9. The smallest absolute Gasteiger partial charge is 0.224 e. The van der Waals surface area contributed by atoms with Crippen molar-refractivity contribution in [3.63, 3.8) is 0 Å². The molecule has 1 atom stereocenters. The number of ether oxygens (including phenoxy) is 1. The van der Waals surface area contributed by atoms with Crippen molar-refractivity contribution in [2.24, 2.45) is 0 Å². The number of nitriles is 1. The number of anilines is 3. The lowest BCUT2D eigenvalue weighted by Crippen LogP contribution is -2.37. The highest BCUT2D eigenvalue weighted by Crippen LogP contribution is 2.24. The van der Waals surface area contributed by atoms with E-state index in [-0.39, 0.29) is 11.9 Å². The molecule has 0 radical (unpaired) electrons. The second kappa shape index (κ2) is 7.76. The van der Waals surface area contributed by atoms with Crippen LogP contribution >= 0.6 is 0 Å². The van der Waals surface area contributed by atoms with Gasteiger partial charge in [-0.25, -0.2) is 9.37 Å². The average molecular weight is 368 g/mol. The molecule has 8 heteroatoms. The first-order chi connectivity index (χ1) is 13.2. The number of rotatable bonds is 4. The maximum absolute atomic E-state index is 13.7. The van der Waals surface area contributed by atoms with E-state index in [1.807, 2.05) is 12.1 Å². The molecular weight excluding hydrogens is 347 g/mol. The molecule has 1 N–H and O–H groups in total. The van der Waals surface area contributed by atoms with Gasteiger partial charge in [-0.15, -0.1) is 0 Å². The van der Waals surface area contributed by atoms with Crippen molar-refractivity contribution in [2.75, 3.05) is 54.5 Å². The Bertz CT molecular complexity index is 848. The van der Waals surface area contributed by atoms with E-state index in [0.29, 0.717) is 31.3 Å². The van der Waals surface area contributed by atoms with Gasteiger partial charge >= 0.3 is 0 Å². The van der Waals surface area contributed by atoms with Gasteiger partial charge in [-0.1, -0.05) is 0 Å². The van der Waals surface area contributed by atoms with Gasteiger partial charge in [0.2, 0.25) is 5.95 Å². The normalized spacial score (nSPS) is 19.8. The molecule has 1 aromatic carbocycles. The van der Waals surface area contributed by atoms with Crippen LogP contribution in [0.3, 0.4) is 0 Å². The second-order valence-corrected chi connectivity index (χ2v) is 6.72. The van der Waals surface area contributed by atoms with E-state index in [1.165, 1.54) is 12.1 Å².